The Morgan fingerprint density at radius 1 is 0.500 bits per heavy atom. The van der Waals surface area contributed by atoms with Gasteiger partial charge < -0.3 is 0 Å². The molecule has 2 heteroatoms. The Bertz CT molecular complexity index is 583. The predicted molar refractivity (Wildman–Crippen MR) is 146 cm³/mol. The third-order valence-corrected chi connectivity index (χ3v) is 13.4. The molecule has 0 amide bonds. The minimum atomic E-state index is 0.0126. The van der Waals surface area contributed by atoms with Crippen molar-refractivity contribution in [1.29, 1.82) is 0 Å². The highest BCUT2D eigenvalue weighted by atomic mass is 31.1. The molecule has 0 unspecified atom stereocenters. The summed E-state index contributed by atoms with van der Waals surface area (Å²) in [6, 6.07) is 10.2. The second kappa shape index (κ2) is 11.9. The maximum absolute atomic E-state index is 2.67. The quantitative estimate of drug-likeness (QED) is 0.300. The van der Waals surface area contributed by atoms with Gasteiger partial charge in [-0.05, 0) is 42.3 Å². The fraction of sp³-hybridized carbons (Fsp3) is 0.800. The third kappa shape index (κ3) is 5.50. The Labute approximate surface area is 200 Å². The van der Waals surface area contributed by atoms with Crippen LogP contribution in [0.25, 0.3) is 0 Å². The van der Waals surface area contributed by atoms with Crippen LogP contribution in [-0.2, 0) is 0 Å². The first-order chi connectivity index (χ1) is 15.9. The zero-order valence-electron chi connectivity index (χ0n) is 20.8. The van der Waals surface area contributed by atoms with E-state index in [1.54, 1.807) is 0 Å². The van der Waals surface area contributed by atoms with Crippen LogP contribution in [0.15, 0.2) is 24.3 Å². The molecule has 4 aliphatic rings. The molecule has 0 heterocycles. The summed E-state index contributed by atoms with van der Waals surface area (Å²) in [7, 11) is 0.0126. The van der Waals surface area contributed by atoms with Crippen LogP contribution in [-0.4, -0.2) is 18.0 Å². The predicted octanol–water partition coefficient (Wildman–Crippen LogP) is 8.83. The number of rotatable bonds is 6. The second-order valence-corrected chi connectivity index (χ2v) is 14.6. The van der Waals surface area contributed by atoms with Crippen LogP contribution in [0.4, 0.5) is 0 Å². The highest BCUT2D eigenvalue weighted by Gasteiger charge is 2.40. The zero-order chi connectivity index (χ0) is 21.6. The van der Waals surface area contributed by atoms with Gasteiger partial charge in [-0.3, -0.25) is 0 Å². The smallest absolute Gasteiger partial charge is 0.0719 e. The first-order valence-electron chi connectivity index (χ1n) is 14.8. The molecule has 176 valence electrons. The average Bonchev–Trinajstić information content (AvgIpc) is 2.88. The summed E-state index contributed by atoms with van der Waals surface area (Å²) in [5, 5.41) is 1.92. The minimum Gasteiger partial charge on any atom is -0.0719 e. The largest absolute Gasteiger partial charge is 0.183 e. The molecule has 5 rings (SSSR count). The molecule has 0 saturated heterocycles. The maximum atomic E-state index is 2.67. The van der Waals surface area contributed by atoms with Crippen LogP contribution in [0.2, 0.25) is 11.6 Å². The molecule has 0 spiro atoms. The zero-order valence-corrected chi connectivity index (χ0v) is 21.7. The standard InChI is InChI=1S/C30H48BP/c1-5-15-25(16-6-1)31(26-17-7-2-8-18-26)29-23-13-14-24-30(29)32(27-19-9-3-10-20-27)28-21-11-4-12-22-28/h13-14,23-28H,1-12,15-22H2. The molecule has 0 radical (unpaired) electrons. The van der Waals surface area contributed by atoms with Crippen LogP contribution in [0.3, 0.4) is 0 Å². The average molecular weight is 451 g/mol. The van der Waals surface area contributed by atoms with Crippen LogP contribution in [0, 0.1) is 0 Å². The third-order valence-electron chi connectivity index (χ3n) is 9.83. The number of hydrogen-bond acceptors (Lipinski definition) is 0. The first-order valence-corrected chi connectivity index (χ1v) is 16.3. The molecule has 0 aliphatic heterocycles. The van der Waals surface area contributed by atoms with Crippen molar-refractivity contribution < 1.29 is 0 Å². The summed E-state index contributed by atoms with van der Waals surface area (Å²) in [6.07, 6.45) is 30.2. The fourth-order valence-corrected chi connectivity index (χ4v) is 12.3. The lowest BCUT2D eigenvalue weighted by molar-refractivity contribution is 0.465. The van der Waals surface area contributed by atoms with Crippen molar-refractivity contribution in [2.75, 3.05) is 0 Å². The molecular formula is C30H48BP. The molecule has 4 saturated carbocycles. The molecular weight excluding hydrogens is 402 g/mol. The SMILES string of the molecule is c1ccc(P(C2CCCCC2)C2CCCCC2)c(B(C2CCCCC2)C2CCCCC2)c1. The first kappa shape index (κ1) is 23.5. The Hall–Kier alpha value is -0.285. The summed E-state index contributed by atoms with van der Waals surface area (Å²) in [5.74, 6) is 1.95. The molecule has 1 aromatic rings. The Morgan fingerprint density at radius 2 is 0.906 bits per heavy atom. The molecule has 0 aromatic heterocycles. The molecule has 0 atom stereocenters. The lowest BCUT2D eigenvalue weighted by Gasteiger charge is -2.42. The summed E-state index contributed by atoms with van der Waals surface area (Å²) < 4.78 is 0. The topological polar surface area (TPSA) is 0 Å². The highest BCUT2D eigenvalue weighted by molar-refractivity contribution is 7.67. The van der Waals surface area contributed by atoms with E-state index >= 15 is 0 Å². The number of hydrogen-bond donors (Lipinski definition) is 0. The van der Waals surface area contributed by atoms with Crippen LogP contribution in [0.5, 0.6) is 0 Å². The van der Waals surface area contributed by atoms with E-state index in [4.69, 9.17) is 0 Å². The molecule has 4 aliphatic carbocycles. The normalized spacial score (nSPS) is 25.3. The van der Waals surface area contributed by atoms with Crippen molar-refractivity contribution in [3.8, 4) is 0 Å². The van der Waals surface area contributed by atoms with Gasteiger partial charge in [0.05, 0.1) is 0 Å². The van der Waals surface area contributed by atoms with Gasteiger partial charge in [-0.25, -0.2) is 0 Å². The van der Waals surface area contributed by atoms with Gasteiger partial charge in [0.15, 0.2) is 6.71 Å². The van der Waals surface area contributed by atoms with Crippen molar-refractivity contribution in [3.05, 3.63) is 24.3 Å². The van der Waals surface area contributed by atoms with Gasteiger partial charge in [0.25, 0.3) is 0 Å². The van der Waals surface area contributed by atoms with Crippen molar-refractivity contribution in [1.82, 2.24) is 0 Å². The number of benzene rings is 1. The van der Waals surface area contributed by atoms with E-state index < -0.39 is 0 Å². The molecule has 32 heavy (non-hydrogen) atoms. The van der Waals surface area contributed by atoms with E-state index in [2.05, 4.69) is 24.3 Å². The molecule has 0 N–H and O–H groups in total. The van der Waals surface area contributed by atoms with E-state index in [1.165, 1.54) is 128 Å². The molecule has 0 nitrogen and oxygen atoms in total. The Kier molecular flexibility index (Phi) is 8.73. The van der Waals surface area contributed by atoms with Gasteiger partial charge in [-0.15, -0.1) is 0 Å². The van der Waals surface area contributed by atoms with Gasteiger partial charge in [0, 0.05) is 0 Å². The van der Waals surface area contributed by atoms with E-state index in [9.17, 15) is 0 Å². The van der Waals surface area contributed by atoms with Gasteiger partial charge in [0.2, 0.25) is 0 Å². The van der Waals surface area contributed by atoms with Crippen LogP contribution < -0.4 is 10.8 Å². The molecule has 0 bridgehead atoms. The minimum absolute atomic E-state index is 0.0126. The van der Waals surface area contributed by atoms with E-state index in [1.807, 2.05) is 10.8 Å². The Balaban J connectivity index is 1.52. The van der Waals surface area contributed by atoms with Crippen molar-refractivity contribution >= 4 is 25.4 Å². The molecule has 1 aromatic carbocycles. The van der Waals surface area contributed by atoms with Gasteiger partial charge >= 0.3 is 0 Å². The Morgan fingerprint density at radius 3 is 1.38 bits per heavy atom. The summed E-state index contributed by atoms with van der Waals surface area (Å²) >= 11 is 0. The fourth-order valence-electron chi connectivity index (χ4n) is 8.29. The van der Waals surface area contributed by atoms with Crippen molar-refractivity contribution in [2.45, 2.75) is 151 Å². The lowest BCUT2D eigenvalue weighted by atomic mass is 9.27. The van der Waals surface area contributed by atoms with Crippen LogP contribution in [0.1, 0.15) is 128 Å². The summed E-state index contributed by atoms with van der Waals surface area (Å²) in [6.45, 7) is 0.879. The van der Waals surface area contributed by atoms with E-state index in [0.717, 1.165) is 29.7 Å². The summed E-state index contributed by atoms with van der Waals surface area (Å²) in [5.41, 5.74) is 3.94. The maximum Gasteiger partial charge on any atom is 0.183 e. The van der Waals surface area contributed by atoms with Gasteiger partial charge in [-0.1, -0.05) is 152 Å². The van der Waals surface area contributed by atoms with E-state index in [-0.39, 0.29) is 7.92 Å². The van der Waals surface area contributed by atoms with Crippen molar-refractivity contribution in [2.24, 2.45) is 0 Å². The summed E-state index contributed by atoms with van der Waals surface area (Å²) in [4.78, 5) is 0. The second-order valence-electron chi connectivity index (χ2n) is 11.9. The van der Waals surface area contributed by atoms with E-state index in [0.29, 0.717) is 0 Å². The van der Waals surface area contributed by atoms with Crippen molar-refractivity contribution in [3.63, 3.8) is 0 Å². The monoisotopic (exact) mass is 450 g/mol. The highest BCUT2D eigenvalue weighted by Crippen LogP contribution is 2.55. The van der Waals surface area contributed by atoms with Gasteiger partial charge in [-0.2, -0.15) is 0 Å². The lowest BCUT2D eigenvalue weighted by Crippen LogP contribution is -2.48. The molecule has 4 fully saturated rings. The van der Waals surface area contributed by atoms with Gasteiger partial charge in [0.1, 0.15) is 0 Å². The van der Waals surface area contributed by atoms with Crippen LogP contribution >= 0.6 is 7.92 Å².